The molecule has 0 unspecified atom stereocenters. The van der Waals surface area contributed by atoms with Crippen LogP contribution in [0.25, 0.3) is 0 Å². The minimum absolute atomic E-state index is 0.0250. The highest BCUT2D eigenvalue weighted by atomic mass is 16.5. The molecule has 0 spiro atoms. The number of rotatable bonds is 4. The minimum Gasteiger partial charge on any atom is -0.496 e. The number of hydrogen-bond donors (Lipinski definition) is 1. The van der Waals surface area contributed by atoms with E-state index in [0.717, 1.165) is 36.3 Å². The zero-order chi connectivity index (χ0) is 17.1. The smallest absolute Gasteiger partial charge is 0.217 e. The predicted molar refractivity (Wildman–Crippen MR) is 91.3 cm³/mol. The van der Waals surface area contributed by atoms with Crippen LogP contribution in [0.5, 0.6) is 11.5 Å². The lowest BCUT2D eigenvalue weighted by atomic mass is 9.76. The molecule has 2 fully saturated rings. The van der Waals surface area contributed by atoms with Crippen molar-refractivity contribution in [2.75, 3.05) is 14.2 Å². The van der Waals surface area contributed by atoms with Gasteiger partial charge in [0.25, 0.3) is 0 Å². The Balaban J connectivity index is 1.92. The summed E-state index contributed by atoms with van der Waals surface area (Å²) in [6, 6.07) is 5.92. The lowest BCUT2D eigenvalue weighted by Crippen LogP contribution is -2.50. The van der Waals surface area contributed by atoms with Gasteiger partial charge in [-0.05, 0) is 31.4 Å². The van der Waals surface area contributed by atoms with Crippen LogP contribution in [0.2, 0.25) is 0 Å². The molecule has 1 amide bonds. The Kier molecular flexibility index (Phi) is 5.29. The highest BCUT2D eigenvalue weighted by molar-refractivity contribution is 5.73. The Bertz CT molecular complexity index is 566. The molecule has 1 aliphatic heterocycles. The molecular formula is C19H27NO4. The maximum Gasteiger partial charge on any atom is 0.217 e. The van der Waals surface area contributed by atoms with Crippen LogP contribution in [0.3, 0.4) is 0 Å². The minimum atomic E-state index is -0.132. The average Bonchev–Trinajstić information content (AvgIpc) is 2.60. The third kappa shape index (κ3) is 3.36. The summed E-state index contributed by atoms with van der Waals surface area (Å²) >= 11 is 0. The van der Waals surface area contributed by atoms with Crippen LogP contribution >= 0.6 is 0 Å². The van der Waals surface area contributed by atoms with Gasteiger partial charge in [0.15, 0.2) is 0 Å². The van der Waals surface area contributed by atoms with Gasteiger partial charge in [0.05, 0.1) is 32.0 Å². The number of carbonyl (C=O) groups is 1. The summed E-state index contributed by atoms with van der Waals surface area (Å²) in [7, 11) is 3.33. The largest absolute Gasteiger partial charge is 0.496 e. The predicted octanol–water partition coefficient (Wildman–Crippen LogP) is 3.23. The number of fused-ring (bicyclic) bond motifs is 1. The molecule has 1 N–H and O–H groups in total. The molecule has 2 aliphatic rings. The quantitative estimate of drug-likeness (QED) is 0.919. The molecule has 24 heavy (non-hydrogen) atoms. The first-order chi connectivity index (χ1) is 11.6. The molecule has 4 atom stereocenters. The van der Waals surface area contributed by atoms with E-state index in [1.807, 2.05) is 18.2 Å². The van der Waals surface area contributed by atoms with Gasteiger partial charge in [-0.1, -0.05) is 18.9 Å². The van der Waals surface area contributed by atoms with Gasteiger partial charge in [-0.25, -0.2) is 0 Å². The fraction of sp³-hybridized carbons (Fsp3) is 0.632. The molecule has 1 saturated carbocycles. The number of hydrogen-bond acceptors (Lipinski definition) is 4. The van der Waals surface area contributed by atoms with Gasteiger partial charge < -0.3 is 19.5 Å². The molecule has 1 aromatic carbocycles. The zero-order valence-corrected chi connectivity index (χ0v) is 14.7. The van der Waals surface area contributed by atoms with Crippen LogP contribution in [0, 0.1) is 5.92 Å². The maximum absolute atomic E-state index is 11.7. The van der Waals surface area contributed by atoms with Crippen LogP contribution in [0.4, 0.5) is 0 Å². The SMILES string of the molecule is COc1cccc(OC)c1[C@H]1C[C@@H](NC(C)=O)[C@@H]2CCCC[C@H]2O1. The second-order valence-electron chi connectivity index (χ2n) is 6.73. The second-order valence-corrected chi connectivity index (χ2v) is 6.73. The molecule has 5 nitrogen and oxygen atoms in total. The molecular weight excluding hydrogens is 306 g/mol. The van der Waals surface area contributed by atoms with Gasteiger partial charge >= 0.3 is 0 Å². The van der Waals surface area contributed by atoms with E-state index in [-0.39, 0.29) is 24.2 Å². The standard InChI is InChI=1S/C19H27NO4/c1-12(21)20-14-11-18(24-15-8-5-4-7-13(14)15)19-16(22-2)9-6-10-17(19)23-3/h6,9-10,13-15,18H,4-5,7-8,11H2,1-3H3,(H,20,21)/t13-,14+,15+,18+/m0/s1. The van der Waals surface area contributed by atoms with Crippen molar-refractivity contribution in [3.05, 3.63) is 23.8 Å². The number of amides is 1. The Labute approximate surface area is 143 Å². The molecule has 1 heterocycles. The monoisotopic (exact) mass is 333 g/mol. The summed E-state index contributed by atoms with van der Waals surface area (Å²) in [5, 5.41) is 3.16. The lowest BCUT2D eigenvalue weighted by Gasteiger charge is -2.45. The third-order valence-electron chi connectivity index (χ3n) is 5.25. The van der Waals surface area contributed by atoms with Crippen molar-refractivity contribution >= 4 is 5.91 Å². The van der Waals surface area contributed by atoms with Crippen molar-refractivity contribution in [2.45, 2.75) is 57.3 Å². The topological polar surface area (TPSA) is 56.8 Å². The molecule has 1 aromatic rings. The Morgan fingerprint density at radius 3 is 2.46 bits per heavy atom. The van der Waals surface area contributed by atoms with Crippen LogP contribution in [-0.4, -0.2) is 32.3 Å². The van der Waals surface area contributed by atoms with Crippen molar-refractivity contribution in [1.29, 1.82) is 0 Å². The van der Waals surface area contributed by atoms with Gasteiger partial charge in [-0.2, -0.15) is 0 Å². The molecule has 3 rings (SSSR count). The van der Waals surface area contributed by atoms with Crippen molar-refractivity contribution in [3.63, 3.8) is 0 Å². The normalized spacial score (nSPS) is 29.5. The summed E-state index contributed by atoms with van der Waals surface area (Å²) < 4.78 is 17.6. The van der Waals surface area contributed by atoms with Crippen LogP contribution < -0.4 is 14.8 Å². The summed E-state index contributed by atoms with van der Waals surface area (Å²) in [5.41, 5.74) is 0.946. The molecule has 0 radical (unpaired) electrons. The summed E-state index contributed by atoms with van der Waals surface area (Å²) in [5.74, 6) is 1.97. The van der Waals surface area contributed by atoms with Crippen molar-refractivity contribution < 1.29 is 19.0 Å². The summed E-state index contributed by atoms with van der Waals surface area (Å²) in [6.45, 7) is 1.59. The first-order valence-electron chi connectivity index (χ1n) is 8.77. The molecule has 5 heteroatoms. The molecule has 0 aromatic heterocycles. The molecule has 132 valence electrons. The molecule has 0 bridgehead atoms. The Hall–Kier alpha value is -1.75. The summed E-state index contributed by atoms with van der Waals surface area (Å²) in [4.78, 5) is 11.7. The van der Waals surface area contributed by atoms with E-state index in [1.54, 1.807) is 21.1 Å². The number of carbonyl (C=O) groups excluding carboxylic acids is 1. The third-order valence-corrected chi connectivity index (χ3v) is 5.25. The van der Waals surface area contributed by atoms with Crippen LogP contribution in [-0.2, 0) is 9.53 Å². The summed E-state index contributed by atoms with van der Waals surface area (Å²) in [6.07, 6.45) is 5.36. The zero-order valence-electron chi connectivity index (χ0n) is 14.7. The van der Waals surface area contributed by atoms with Crippen LogP contribution in [0.15, 0.2) is 18.2 Å². The van der Waals surface area contributed by atoms with E-state index < -0.39 is 0 Å². The Morgan fingerprint density at radius 2 is 1.83 bits per heavy atom. The number of benzene rings is 1. The number of methoxy groups -OCH3 is 2. The van der Waals surface area contributed by atoms with Gasteiger partial charge in [0.2, 0.25) is 5.91 Å². The van der Waals surface area contributed by atoms with Crippen molar-refractivity contribution in [3.8, 4) is 11.5 Å². The lowest BCUT2D eigenvalue weighted by molar-refractivity contribution is -0.131. The van der Waals surface area contributed by atoms with E-state index in [4.69, 9.17) is 14.2 Å². The van der Waals surface area contributed by atoms with Crippen LogP contribution in [0.1, 0.15) is 50.7 Å². The van der Waals surface area contributed by atoms with Gasteiger partial charge in [0, 0.05) is 18.9 Å². The highest BCUT2D eigenvalue weighted by Crippen LogP contribution is 2.46. The maximum atomic E-state index is 11.7. The van der Waals surface area contributed by atoms with E-state index in [1.165, 1.54) is 12.8 Å². The number of ether oxygens (including phenoxy) is 3. The van der Waals surface area contributed by atoms with E-state index in [9.17, 15) is 4.79 Å². The fourth-order valence-corrected chi connectivity index (χ4v) is 4.24. The van der Waals surface area contributed by atoms with Gasteiger partial charge in [-0.15, -0.1) is 0 Å². The average molecular weight is 333 g/mol. The first-order valence-corrected chi connectivity index (χ1v) is 8.77. The van der Waals surface area contributed by atoms with E-state index in [0.29, 0.717) is 5.92 Å². The van der Waals surface area contributed by atoms with E-state index >= 15 is 0 Å². The van der Waals surface area contributed by atoms with E-state index in [2.05, 4.69) is 5.32 Å². The highest BCUT2D eigenvalue weighted by Gasteiger charge is 2.42. The van der Waals surface area contributed by atoms with Gasteiger partial charge in [0.1, 0.15) is 11.5 Å². The van der Waals surface area contributed by atoms with Crippen molar-refractivity contribution in [1.82, 2.24) is 5.32 Å². The molecule has 1 saturated heterocycles. The molecule has 1 aliphatic carbocycles. The second kappa shape index (κ2) is 7.43. The first kappa shape index (κ1) is 17.1. The Morgan fingerprint density at radius 1 is 1.17 bits per heavy atom. The number of nitrogens with one attached hydrogen (secondary N) is 1. The van der Waals surface area contributed by atoms with Crippen molar-refractivity contribution in [2.24, 2.45) is 5.92 Å². The fourth-order valence-electron chi connectivity index (χ4n) is 4.24. The van der Waals surface area contributed by atoms with Gasteiger partial charge in [-0.3, -0.25) is 4.79 Å².